The Bertz CT molecular complexity index is 769. The van der Waals surface area contributed by atoms with Crippen LogP contribution in [-0.2, 0) is 4.84 Å². The van der Waals surface area contributed by atoms with Crippen molar-refractivity contribution in [2.24, 2.45) is 45.6 Å². The number of hydrogen-bond acceptors (Lipinski definition) is 4. The molecule has 5 unspecified atom stereocenters. The zero-order chi connectivity index (χ0) is 21.8. The number of rotatable bonds is 4. The molecule has 0 radical (unpaired) electrons. The third-order valence-electron chi connectivity index (χ3n) is 10.4. The van der Waals surface area contributed by atoms with Crippen molar-refractivity contribution in [3.63, 3.8) is 0 Å². The van der Waals surface area contributed by atoms with E-state index in [4.69, 9.17) is 9.99 Å². The quantitative estimate of drug-likeness (QED) is 0.486. The Morgan fingerprint density at radius 2 is 2.00 bits per heavy atom. The van der Waals surface area contributed by atoms with E-state index in [1.807, 2.05) is 0 Å². The lowest BCUT2D eigenvalue weighted by Crippen LogP contribution is -2.59. The largest absolute Gasteiger partial charge is 0.396 e. The zero-order valence-electron chi connectivity index (χ0n) is 19.7. The fraction of sp³-hybridized carbons (Fsp3) is 0.815. The average molecular weight is 427 g/mol. The molecule has 4 heteroatoms. The van der Waals surface area contributed by atoms with Gasteiger partial charge in [0.15, 0.2) is 0 Å². The fourth-order valence-electron chi connectivity index (χ4n) is 8.76. The third-order valence-corrected chi connectivity index (χ3v) is 10.4. The molecule has 5 rings (SSSR count). The van der Waals surface area contributed by atoms with Gasteiger partial charge >= 0.3 is 0 Å². The van der Waals surface area contributed by atoms with E-state index < -0.39 is 0 Å². The van der Waals surface area contributed by atoms with Crippen LogP contribution in [0.25, 0.3) is 0 Å². The summed E-state index contributed by atoms with van der Waals surface area (Å²) in [5.74, 6) is 2.68. The van der Waals surface area contributed by atoms with Crippen LogP contribution in [0.1, 0.15) is 71.6 Å². The molecule has 1 saturated heterocycles. The molecular formula is C27H42N2O2. The lowest BCUT2D eigenvalue weighted by Gasteiger charge is -2.62. The first-order valence-corrected chi connectivity index (χ1v) is 12.8. The molecule has 172 valence electrons. The number of oxime groups is 1. The highest BCUT2D eigenvalue weighted by molar-refractivity contribution is 5.88. The summed E-state index contributed by atoms with van der Waals surface area (Å²) in [6.45, 7) is 16.1. The van der Waals surface area contributed by atoms with Crippen molar-refractivity contribution in [3.8, 4) is 0 Å². The van der Waals surface area contributed by atoms with Gasteiger partial charge in [-0.05, 0) is 87.0 Å². The number of hydrogen-bond donors (Lipinski definition) is 2. The van der Waals surface area contributed by atoms with E-state index in [2.05, 4.69) is 32.3 Å². The number of aliphatic hydroxyl groups excluding tert-OH is 1. The number of nitrogens with zero attached hydrogens (tertiary/aromatic N) is 1. The Kier molecular flexibility index (Phi) is 5.62. The minimum absolute atomic E-state index is 0.0279. The Hall–Kier alpha value is -1.13. The van der Waals surface area contributed by atoms with Gasteiger partial charge in [-0.3, -0.25) is 0 Å². The normalized spacial score (nSPS) is 48.4. The molecular weight excluding hydrogens is 384 g/mol. The second-order valence-corrected chi connectivity index (χ2v) is 11.5. The van der Waals surface area contributed by atoms with E-state index in [1.54, 1.807) is 0 Å². The molecule has 5 fully saturated rings. The van der Waals surface area contributed by atoms with Gasteiger partial charge in [0, 0.05) is 30.9 Å². The second kappa shape index (κ2) is 8.02. The molecule has 0 aromatic heterocycles. The lowest BCUT2D eigenvalue weighted by atomic mass is 9.42. The number of aliphatic hydroxyl groups is 1. The van der Waals surface area contributed by atoms with Crippen LogP contribution in [0, 0.1) is 40.4 Å². The summed E-state index contributed by atoms with van der Waals surface area (Å²) in [6.07, 6.45) is 10.4. The van der Waals surface area contributed by atoms with Gasteiger partial charge < -0.3 is 15.3 Å². The molecule has 1 heterocycles. The summed E-state index contributed by atoms with van der Waals surface area (Å²) in [4.78, 5) is 5.97. The smallest absolute Gasteiger partial charge is 0.141 e. The number of nitrogens with one attached hydrogen (secondary N) is 1. The van der Waals surface area contributed by atoms with Gasteiger partial charge in [0.1, 0.15) is 6.10 Å². The summed E-state index contributed by atoms with van der Waals surface area (Å²) in [7, 11) is 0. The Labute approximate surface area is 188 Å². The first-order chi connectivity index (χ1) is 14.9. The van der Waals surface area contributed by atoms with Crippen molar-refractivity contribution in [2.45, 2.75) is 77.7 Å². The van der Waals surface area contributed by atoms with Crippen LogP contribution in [0.15, 0.2) is 29.5 Å². The van der Waals surface area contributed by atoms with Crippen molar-refractivity contribution >= 4 is 5.71 Å². The molecule has 8 atom stereocenters. The molecule has 0 amide bonds. The number of allylic oxidation sites excluding steroid dienone is 2. The topological polar surface area (TPSA) is 53.9 Å². The van der Waals surface area contributed by atoms with E-state index in [9.17, 15) is 5.11 Å². The standard InChI is InChI=1S/C27H42N2O2/c1-5-20-24(29-31-19-10-13-28-15-19)9-12-27(16-30)23-8-11-26(4)18(3)6-7-22(26)21(23)14-17(2)25(20)27/h19-23,25,28,30H,2-3,5-16H2,1,4H3/t19?,20-,21?,22?,23?,25?,26+,27-/m0/s1. The predicted octanol–water partition coefficient (Wildman–Crippen LogP) is 5.09. The second-order valence-electron chi connectivity index (χ2n) is 11.5. The molecule has 4 aliphatic carbocycles. The first-order valence-electron chi connectivity index (χ1n) is 12.8. The Morgan fingerprint density at radius 3 is 2.71 bits per heavy atom. The van der Waals surface area contributed by atoms with Crippen LogP contribution in [0.3, 0.4) is 0 Å². The van der Waals surface area contributed by atoms with Crippen molar-refractivity contribution in [1.29, 1.82) is 0 Å². The van der Waals surface area contributed by atoms with Gasteiger partial charge in [0.05, 0.1) is 5.71 Å². The van der Waals surface area contributed by atoms with Crippen molar-refractivity contribution in [3.05, 3.63) is 24.3 Å². The highest BCUT2D eigenvalue weighted by Gasteiger charge is 2.62. The van der Waals surface area contributed by atoms with Gasteiger partial charge in [-0.25, -0.2) is 0 Å². The molecule has 5 aliphatic rings. The van der Waals surface area contributed by atoms with Gasteiger partial charge in [-0.2, -0.15) is 0 Å². The molecule has 1 aliphatic heterocycles. The van der Waals surface area contributed by atoms with Crippen molar-refractivity contribution < 1.29 is 9.94 Å². The molecule has 0 bridgehead atoms. The first kappa shape index (κ1) is 21.7. The van der Waals surface area contributed by atoms with E-state index in [-0.39, 0.29) is 11.5 Å². The van der Waals surface area contributed by atoms with Crippen LogP contribution < -0.4 is 5.32 Å². The predicted molar refractivity (Wildman–Crippen MR) is 126 cm³/mol. The molecule has 0 spiro atoms. The summed E-state index contributed by atoms with van der Waals surface area (Å²) in [5.41, 5.74) is 4.35. The van der Waals surface area contributed by atoms with Gasteiger partial charge in [0.25, 0.3) is 0 Å². The van der Waals surface area contributed by atoms with Gasteiger partial charge in [-0.15, -0.1) is 0 Å². The Morgan fingerprint density at radius 1 is 1.16 bits per heavy atom. The molecule has 4 nitrogen and oxygen atoms in total. The summed E-state index contributed by atoms with van der Waals surface area (Å²) >= 11 is 0. The fourth-order valence-corrected chi connectivity index (χ4v) is 8.76. The molecule has 4 saturated carbocycles. The lowest BCUT2D eigenvalue weighted by molar-refractivity contribution is -0.109. The highest BCUT2D eigenvalue weighted by atomic mass is 16.6. The van der Waals surface area contributed by atoms with Crippen molar-refractivity contribution in [1.82, 2.24) is 5.32 Å². The number of fused-ring (bicyclic) bond motifs is 5. The van der Waals surface area contributed by atoms with E-state index in [0.717, 1.165) is 45.2 Å². The monoisotopic (exact) mass is 426 g/mol. The minimum Gasteiger partial charge on any atom is -0.396 e. The maximum Gasteiger partial charge on any atom is 0.141 e. The SMILES string of the molecule is C=C1CC2C(CC[C@]3(C)C(=C)CCC23)[C@@]2(CO)CCC(=NOC3CCNC3)[C@H](CC)C12. The van der Waals surface area contributed by atoms with Crippen molar-refractivity contribution in [2.75, 3.05) is 19.7 Å². The van der Waals surface area contributed by atoms with Crippen LogP contribution in [0.2, 0.25) is 0 Å². The van der Waals surface area contributed by atoms with Gasteiger partial charge in [-0.1, -0.05) is 43.3 Å². The third kappa shape index (κ3) is 3.19. The van der Waals surface area contributed by atoms with Gasteiger partial charge in [0.2, 0.25) is 0 Å². The maximum atomic E-state index is 11.0. The van der Waals surface area contributed by atoms with Crippen LogP contribution >= 0.6 is 0 Å². The Balaban J connectivity index is 1.45. The summed E-state index contributed by atoms with van der Waals surface area (Å²) in [5, 5.41) is 19.0. The minimum atomic E-state index is -0.0279. The van der Waals surface area contributed by atoms with E-state index in [1.165, 1.54) is 42.5 Å². The van der Waals surface area contributed by atoms with Crippen LogP contribution in [0.4, 0.5) is 0 Å². The van der Waals surface area contributed by atoms with Crippen LogP contribution in [-0.4, -0.2) is 36.6 Å². The zero-order valence-corrected chi connectivity index (χ0v) is 19.7. The van der Waals surface area contributed by atoms with Crippen LogP contribution in [0.5, 0.6) is 0 Å². The van der Waals surface area contributed by atoms with E-state index >= 15 is 0 Å². The maximum absolute atomic E-state index is 11.0. The van der Waals surface area contributed by atoms with E-state index in [0.29, 0.717) is 41.6 Å². The molecule has 31 heavy (non-hydrogen) atoms. The average Bonchev–Trinajstić information content (AvgIpc) is 3.40. The molecule has 0 aromatic carbocycles. The molecule has 0 aromatic rings. The highest BCUT2D eigenvalue weighted by Crippen LogP contribution is 2.68. The summed E-state index contributed by atoms with van der Waals surface area (Å²) < 4.78 is 0. The molecule has 2 N–H and O–H groups in total. The summed E-state index contributed by atoms with van der Waals surface area (Å²) in [6, 6.07) is 0.